The van der Waals surface area contributed by atoms with Gasteiger partial charge in [0.15, 0.2) is 5.96 Å². The molecule has 0 aromatic carbocycles. The van der Waals surface area contributed by atoms with Crippen molar-refractivity contribution in [1.29, 1.82) is 0 Å². The first kappa shape index (κ1) is 17.6. The third kappa shape index (κ3) is 3.58. The van der Waals surface area contributed by atoms with E-state index in [0.29, 0.717) is 4.75 Å². The van der Waals surface area contributed by atoms with Gasteiger partial charge in [0.2, 0.25) is 0 Å². The smallest absolute Gasteiger partial charge is 0.193 e. The van der Waals surface area contributed by atoms with Gasteiger partial charge >= 0.3 is 0 Å². The Hall–Kier alpha value is -1.17. The molecule has 0 radical (unpaired) electrons. The zero-order valence-corrected chi connectivity index (χ0v) is 16.4. The molecule has 2 aliphatic rings. The van der Waals surface area contributed by atoms with Gasteiger partial charge in [-0.1, -0.05) is 19.3 Å². The van der Waals surface area contributed by atoms with Crippen molar-refractivity contribution in [1.82, 2.24) is 20.0 Å². The van der Waals surface area contributed by atoms with Crippen LogP contribution < -0.4 is 5.32 Å². The molecular weight excluding hydrogens is 318 g/mol. The van der Waals surface area contributed by atoms with Crippen LogP contribution in [0, 0.1) is 13.8 Å². The summed E-state index contributed by atoms with van der Waals surface area (Å²) in [5, 5.41) is 8.10. The summed E-state index contributed by atoms with van der Waals surface area (Å²) in [6.07, 6.45) is 6.93. The van der Waals surface area contributed by atoms with Crippen molar-refractivity contribution in [2.45, 2.75) is 57.2 Å². The van der Waals surface area contributed by atoms with Crippen molar-refractivity contribution < 1.29 is 0 Å². The third-order valence-corrected chi connectivity index (χ3v) is 7.14. The van der Waals surface area contributed by atoms with E-state index in [2.05, 4.69) is 45.9 Å². The monoisotopic (exact) mass is 349 g/mol. The summed E-state index contributed by atoms with van der Waals surface area (Å²) in [5.74, 6) is 2.26. The number of aromatic nitrogens is 2. The fourth-order valence-electron chi connectivity index (χ4n) is 4.10. The molecule has 1 aromatic rings. The molecule has 6 heteroatoms. The SMILES string of the molecule is CN=C(NCc1c(C)nn(C)c1C)N1CCSC2(CCCCC2)C1. The number of rotatable bonds is 2. The van der Waals surface area contributed by atoms with Gasteiger partial charge < -0.3 is 10.2 Å². The minimum absolute atomic E-state index is 0.467. The Kier molecular flexibility index (Phi) is 5.42. The number of aryl methyl sites for hydroxylation is 2. The first-order chi connectivity index (χ1) is 11.5. The largest absolute Gasteiger partial charge is 0.352 e. The Labute approximate surface area is 150 Å². The second-order valence-corrected chi connectivity index (χ2v) is 8.75. The molecule has 134 valence electrons. The van der Waals surface area contributed by atoms with Crippen LogP contribution in [0.4, 0.5) is 0 Å². The summed E-state index contributed by atoms with van der Waals surface area (Å²) in [6.45, 7) is 7.25. The van der Waals surface area contributed by atoms with Crippen LogP contribution in [0.3, 0.4) is 0 Å². The third-order valence-electron chi connectivity index (χ3n) is 5.61. The topological polar surface area (TPSA) is 45.5 Å². The molecule has 3 rings (SSSR count). The van der Waals surface area contributed by atoms with E-state index in [-0.39, 0.29) is 0 Å². The quantitative estimate of drug-likeness (QED) is 0.659. The molecule has 24 heavy (non-hydrogen) atoms. The van der Waals surface area contributed by atoms with Crippen LogP contribution in [-0.2, 0) is 13.6 Å². The molecule has 1 aliphatic carbocycles. The molecule has 1 spiro atoms. The Balaban J connectivity index is 1.65. The van der Waals surface area contributed by atoms with Gasteiger partial charge in [0.25, 0.3) is 0 Å². The first-order valence-corrected chi connectivity index (χ1v) is 10.1. The van der Waals surface area contributed by atoms with Crippen molar-refractivity contribution in [2.24, 2.45) is 12.0 Å². The van der Waals surface area contributed by atoms with E-state index in [0.717, 1.165) is 31.3 Å². The first-order valence-electron chi connectivity index (χ1n) is 9.13. The molecule has 2 heterocycles. The molecular formula is C18H31N5S. The van der Waals surface area contributed by atoms with E-state index in [1.54, 1.807) is 0 Å². The normalized spacial score (nSPS) is 21.3. The van der Waals surface area contributed by atoms with Crippen LogP contribution >= 0.6 is 11.8 Å². The lowest BCUT2D eigenvalue weighted by Gasteiger charge is -2.45. The highest BCUT2D eigenvalue weighted by Crippen LogP contribution is 2.42. The maximum atomic E-state index is 4.57. The molecule has 1 saturated heterocycles. The molecule has 2 fully saturated rings. The average Bonchev–Trinajstić information content (AvgIpc) is 2.82. The Morgan fingerprint density at radius 2 is 2.04 bits per heavy atom. The summed E-state index contributed by atoms with van der Waals surface area (Å²) in [4.78, 5) is 7.04. The molecule has 0 atom stereocenters. The number of hydrogen-bond donors (Lipinski definition) is 1. The van der Waals surface area contributed by atoms with Gasteiger partial charge in [-0.3, -0.25) is 9.67 Å². The Morgan fingerprint density at radius 3 is 2.67 bits per heavy atom. The lowest BCUT2D eigenvalue weighted by atomic mass is 9.87. The standard InChI is InChI=1S/C18H31N5S/c1-14-16(15(2)22(4)21-14)12-20-17(19-3)23-10-11-24-18(13-23)8-6-5-7-9-18/h5-13H2,1-4H3,(H,19,20). The fraction of sp³-hybridized carbons (Fsp3) is 0.778. The second kappa shape index (κ2) is 7.38. The van der Waals surface area contributed by atoms with Crippen molar-refractivity contribution in [3.63, 3.8) is 0 Å². The van der Waals surface area contributed by atoms with Gasteiger partial charge in [-0.05, 0) is 26.7 Å². The lowest BCUT2D eigenvalue weighted by molar-refractivity contribution is 0.293. The summed E-state index contributed by atoms with van der Waals surface area (Å²) >= 11 is 2.20. The van der Waals surface area contributed by atoms with E-state index in [9.17, 15) is 0 Å². The number of nitrogens with one attached hydrogen (secondary N) is 1. The Morgan fingerprint density at radius 1 is 1.29 bits per heavy atom. The van der Waals surface area contributed by atoms with Crippen molar-refractivity contribution in [3.8, 4) is 0 Å². The van der Waals surface area contributed by atoms with Crippen LogP contribution in [0.15, 0.2) is 4.99 Å². The van der Waals surface area contributed by atoms with Crippen molar-refractivity contribution in [3.05, 3.63) is 17.0 Å². The molecule has 0 bridgehead atoms. The van der Waals surface area contributed by atoms with Crippen LogP contribution in [0.25, 0.3) is 0 Å². The van der Waals surface area contributed by atoms with Gasteiger partial charge in [0.05, 0.1) is 5.69 Å². The molecule has 0 amide bonds. The van der Waals surface area contributed by atoms with Gasteiger partial charge in [-0.25, -0.2) is 0 Å². The highest BCUT2D eigenvalue weighted by molar-refractivity contribution is 8.00. The zero-order chi connectivity index (χ0) is 17.2. The van der Waals surface area contributed by atoms with Crippen LogP contribution in [-0.4, -0.2) is 51.3 Å². The minimum atomic E-state index is 0.467. The summed E-state index contributed by atoms with van der Waals surface area (Å²) in [6, 6.07) is 0. The highest BCUT2D eigenvalue weighted by Gasteiger charge is 2.38. The van der Waals surface area contributed by atoms with Crippen molar-refractivity contribution >= 4 is 17.7 Å². The minimum Gasteiger partial charge on any atom is -0.352 e. The average molecular weight is 350 g/mol. The van der Waals surface area contributed by atoms with E-state index in [4.69, 9.17) is 0 Å². The van der Waals surface area contributed by atoms with Crippen LogP contribution in [0.2, 0.25) is 0 Å². The molecule has 1 aromatic heterocycles. The highest BCUT2D eigenvalue weighted by atomic mass is 32.2. The molecule has 1 aliphatic heterocycles. The molecule has 0 unspecified atom stereocenters. The van der Waals surface area contributed by atoms with E-state index >= 15 is 0 Å². The van der Waals surface area contributed by atoms with Gasteiger partial charge in [-0.15, -0.1) is 0 Å². The second-order valence-electron chi connectivity index (χ2n) is 7.19. The van der Waals surface area contributed by atoms with E-state index < -0.39 is 0 Å². The number of aliphatic imine (C=N–C) groups is 1. The fourth-order valence-corrected chi connectivity index (χ4v) is 5.67. The predicted molar refractivity (Wildman–Crippen MR) is 103 cm³/mol. The number of guanidine groups is 1. The summed E-state index contributed by atoms with van der Waals surface area (Å²) in [7, 11) is 3.91. The maximum absolute atomic E-state index is 4.57. The number of hydrogen-bond acceptors (Lipinski definition) is 3. The number of nitrogens with zero attached hydrogens (tertiary/aromatic N) is 4. The van der Waals surface area contributed by atoms with Gasteiger partial charge in [0.1, 0.15) is 0 Å². The molecule has 5 nitrogen and oxygen atoms in total. The van der Waals surface area contributed by atoms with Gasteiger partial charge in [0, 0.05) is 55.5 Å². The lowest BCUT2D eigenvalue weighted by Crippen LogP contribution is -2.53. The van der Waals surface area contributed by atoms with E-state index in [1.165, 1.54) is 49.1 Å². The maximum Gasteiger partial charge on any atom is 0.193 e. The Bertz CT molecular complexity index is 595. The van der Waals surface area contributed by atoms with Crippen molar-refractivity contribution in [2.75, 3.05) is 25.9 Å². The molecule has 1 N–H and O–H groups in total. The van der Waals surface area contributed by atoms with Crippen LogP contribution in [0.1, 0.15) is 49.1 Å². The summed E-state index contributed by atoms with van der Waals surface area (Å²) < 4.78 is 2.43. The summed E-state index contributed by atoms with van der Waals surface area (Å²) in [5.41, 5.74) is 3.63. The predicted octanol–water partition coefficient (Wildman–Crippen LogP) is 2.86. The zero-order valence-electron chi connectivity index (χ0n) is 15.6. The van der Waals surface area contributed by atoms with Crippen LogP contribution in [0.5, 0.6) is 0 Å². The number of thioether (sulfide) groups is 1. The van der Waals surface area contributed by atoms with Gasteiger partial charge in [-0.2, -0.15) is 16.9 Å². The molecule has 1 saturated carbocycles. The van der Waals surface area contributed by atoms with E-state index in [1.807, 2.05) is 18.8 Å².